The molecule has 1 amide bonds. The number of phenolic OH excluding ortho intramolecular Hbond substituents is 1. The number of thioether (sulfide) groups is 1. The lowest BCUT2D eigenvalue weighted by Crippen LogP contribution is -2.28. The van der Waals surface area contributed by atoms with Crippen molar-refractivity contribution in [3.63, 3.8) is 0 Å². The number of nitro groups is 1. The van der Waals surface area contributed by atoms with Gasteiger partial charge >= 0.3 is 0 Å². The summed E-state index contributed by atoms with van der Waals surface area (Å²) in [5.41, 5.74) is 1.21. The molecule has 1 aliphatic rings. The third kappa shape index (κ3) is 4.93. The highest BCUT2D eigenvalue weighted by Gasteiger charge is 2.34. The van der Waals surface area contributed by atoms with Crippen molar-refractivity contribution < 1.29 is 19.2 Å². The molecule has 0 unspecified atom stereocenters. The Hall–Kier alpha value is -4.18. The van der Waals surface area contributed by atoms with Crippen LogP contribution in [0.25, 0.3) is 6.08 Å². The number of carbonyl (C=O) groups is 1. The molecule has 2 heterocycles. The van der Waals surface area contributed by atoms with Crippen molar-refractivity contribution in [3.05, 3.63) is 98.8 Å². The minimum Gasteiger partial charge on any atom is -0.508 e. The van der Waals surface area contributed by atoms with Crippen molar-refractivity contribution in [2.45, 2.75) is 6.54 Å². The first-order valence-electron chi connectivity index (χ1n) is 9.38. The van der Waals surface area contributed by atoms with Gasteiger partial charge in [0.15, 0.2) is 5.17 Å². The van der Waals surface area contributed by atoms with Gasteiger partial charge in [-0.15, -0.1) is 5.10 Å². The highest BCUT2D eigenvalue weighted by atomic mass is 32.2. The summed E-state index contributed by atoms with van der Waals surface area (Å²) in [6, 6.07) is 15.9. The number of non-ortho nitro benzene ring substituents is 1. The second-order valence-electron chi connectivity index (χ2n) is 6.65. The van der Waals surface area contributed by atoms with Gasteiger partial charge in [0.1, 0.15) is 11.5 Å². The van der Waals surface area contributed by atoms with Crippen LogP contribution in [0.15, 0.2) is 86.5 Å². The van der Waals surface area contributed by atoms with Crippen LogP contribution in [0.4, 0.5) is 5.69 Å². The van der Waals surface area contributed by atoms with Gasteiger partial charge in [-0.25, -0.2) is 0 Å². The van der Waals surface area contributed by atoms with Crippen LogP contribution in [0.5, 0.6) is 5.75 Å². The van der Waals surface area contributed by atoms with Crippen molar-refractivity contribution in [2.75, 3.05) is 0 Å². The average molecular weight is 448 g/mol. The monoisotopic (exact) mass is 448 g/mol. The number of aromatic hydroxyl groups is 1. The molecule has 0 bridgehead atoms. The van der Waals surface area contributed by atoms with E-state index < -0.39 is 4.92 Å². The van der Waals surface area contributed by atoms with E-state index in [0.717, 1.165) is 17.3 Å². The number of hydrogen-bond donors (Lipinski definition) is 1. The molecule has 0 radical (unpaired) electrons. The molecule has 1 aliphatic heterocycles. The molecule has 9 nitrogen and oxygen atoms in total. The zero-order chi connectivity index (χ0) is 22.5. The fraction of sp³-hybridized carbons (Fsp3) is 0.0455. The third-order valence-corrected chi connectivity index (χ3v) is 5.40. The quantitative estimate of drug-likeness (QED) is 0.258. The number of nitrogens with zero attached hydrogens (tertiary/aromatic N) is 4. The first-order chi connectivity index (χ1) is 15.5. The zero-order valence-corrected chi connectivity index (χ0v) is 17.3. The lowest BCUT2D eigenvalue weighted by atomic mass is 10.2. The van der Waals surface area contributed by atoms with Crippen LogP contribution in [0, 0.1) is 10.1 Å². The SMILES string of the molecule is O=C1/C(=C/c2ccc(O)cc2)S/C(=N/N=C\c2cccc([N+](=O)[O-])c2)N1Cc1ccco1. The number of phenols is 1. The molecule has 1 N–H and O–H groups in total. The summed E-state index contributed by atoms with van der Waals surface area (Å²) >= 11 is 1.15. The Morgan fingerprint density at radius 3 is 2.66 bits per heavy atom. The molecular weight excluding hydrogens is 432 g/mol. The van der Waals surface area contributed by atoms with Crippen LogP contribution in [0.1, 0.15) is 16.9 Å². The molecule has 160 valence electrons. The topological polar surface area (TPSA) is 122 Å². The van der Waals surface area contributed by atoms with Gasteiger partial charge in [-0.05, 0) is 47.7 Å². The van der Waals surface area contributed by atoms with E-state index in [-0.39, 0.29) is 23.9 Å². The summed E-state index contributed by atoms with van der Waals surface area (Å²) in [7, 11) is 0. The Morgan fingerprint density at radius 1 is 1.12 bits per heavy atom. The predicted octanol–water partition coefficient (Wildman–Crippen LogP) is 4.40. The number of nitro benzene ring substituents is 1. The standard InChI is InChI=1S/C22H16N4O5S/c27-18-8-6-15(7-9-18)12-20-21(28)25(14-19-5-2-10-31-19)22(32-20)24-23-13-16-3-1-4-17(11-16)26(29)30/h1-13,27H,14H2/b20-12-,23-13-,24-22+. The maximum absolute atomic E-state index is 13.0. The Balaban J connectivity index is 1.61. The summed E-state index contributed by atoms with van der Waals surface area (Å²) in [6.07, 6.45) is 4.61. The lowest BCUT2D eigenvalue weighted by molar-refractivity contribution is -0.384. The molecule has 4 rings (SSSR count). The molecule has 0 atom stereocenters. The number of amidine groups is 1. The molecule has 1 fully saturated rings. The van der Waals surface area contributed by atoms with E-state index in [4.69, 9.17) is 4.42 Å². The van der Waals surface area contributed by atoms with Crippen molar-refractivity contribution >= 4 is 40.8 Å². The Labute approximate surface area is 186 Å². The molecule has 0 aliphatic carbocycles. The molecule has 3 aromatic rings. The van der Waals surface area contributed by atoms with Gasteiger partial charge in [0, 0.05) is 17.7 Å². The van der Waals surface area contributed by atoms with Crippen LogP contribution in [-0.4, -0.2) is 32.2 Å². The summed E-state index contributed by atoms with van der Waals surface area (Å²) in [5, 5.41) is 28.9. The van der Waals surface area contributed by atoms with Gasteiger partial charge < -0.3 is 9.52 Å². The first-order valence-corrected chi connectivity index (χ1v) is 10.2. The molecule has 0 saturated carbocycles. The summed E-state index contributed by atoms with van der Waals surface area (Å²) in [5.74, 6) is 0.457. The Morgan fingerprint density at radius 2 is 1.94 bits per heavy atom. The minimum atomic E-state index is -0.486. The van der Waals surface area contributed by atoms with Gasteiger partial charge in [-0.3, -0.25) is 19.8 Å². The van der Waals surface area contributed by atoms with E-state index in [2.05, 4.69) is 10.2 Å². The third-order valence-electron chi connectivity index (χ3n) is 4.40. The number of benzene rings is 2. The molecule has 1 saturated heterocycles. The van der Waals surface area contributed by atoms with E-state index in [1.165, 1.54) is 41.6 Å². The smallest absolute Gasteiger partial charge is 0.270 e. The number of rotatable bonds is 6. The van der Waals surface area contributed by atoms with Gasteiger partial charge in [0.05, 0.1) is 28.9 Å². The second kappa shape index (κ2) is 9.31. The summed E-state index contributed by atoms with van der Waals surface area (Å²) in [6.45, 7) is 0.177. The largest absolute Gasteiger partial charge is 0.508 e. The van der Waals surface area contributed by atoms with Crippen LogP contribution < -0.4 is 0 Å². The maximum atomic E-state index is 13.0. The Bertz CT molecular complexity index is 1230. The summed E-state index contributed by atoms with van der Waals surface area (Å²) in [4.78, 5) is 25.3. The molecular formula is C22H16N4O5S. The van der Waals surface area contributed by atoms with E-state index in [9.17, 15) is 20.0 Å². The first kappa shape index (κ1) is 21.1. The fourth-order valence-corrected chi connectivity index (χ4v) is 3.80. The summed E-state index contributed by atoms with van der Waals surface area (Å²) < 4.78 is 5.36. The molecule has 1 aromatic heterocycles. The normalized spacial score (nSPS) is 16.5. The van der Waals surface area contributed by atoms with Crippen molar-refractivity contribution in [1.29, 1.82) is 0 Å². The second-order valence-corrected chi connectivity index (χ2v) is 7.66. The molecule has 0 spiro atoms. The van der Waals surface area contributed by atoms with Crippen LogP contribution in [0.2, 0.25) is 0 Å². The highest BCUT2D eigenvalue weighted by Crippen LogP contribution is 2.34. The van der Waals surface area contributed by atoms with Crippen molar-refractivity contribution in [1.82, 2.24) is 4.90 Å². The van der Waals surface area contributed by atoms with E-state index in [1.807, 2.05) is 0 Å². The number of amides is 1. The zero-order valence-electron chi connectivity index (χ0n) is 16.5. The van der Waals surface area contributed by atoms with E-state index in [0.29, 0.717) is 21.4 Å². The molecule has 32 heavy (non-hydrogen) atoms. The number of hydrogen-bond acceptors (Lipinski definition) is 8. The van der Waals surface area contributed by atoms with Gasteiger partial charge in [-0.2, -0.15) is 5.10 Å². The number of furan rings is 1. The molecule has 2 aromatic carbocycles. The van der Waals surface area contributed by atoms with Crippen molar-refractivity contribution in [3.8, 4) is 5.75 Å². The van der Waals surface area contributed by atoms with Gasteiger partial charge in [-0.1, -0.05) is 24.3 Å². The minimum absolute atomic E-state index is 0.0504. The highest BCUT2D eigenvalue weighted by molar-refractivity contribution is 8.18. The van der Waals surface area contributed by atoms with Crippen LogP contribution >= 0.6 is 11.8 Å². The molecule has 10 heteroatoms. The van der Waals surface area contributed by atoms with Crippen LogP contribution in [-0.2, 0) is 11.3 Å². The van der Waals surface area contributed by atoms with Gasteiger partial charge in [0.2, 0.25) is 0 Å². The van der Waals surface area contributed by atoms with Crippen molar-refractivity contribution in [2.24, 2.45) is 10.2 Å². The maximum Gasteiger partial charge on any atom is 0.270 e. The predicted molar refractivity (Wildman–Crippen MR) is 121 cm³/mol. The number of carbonyl (C=O) groups excluding carboxylic acids is 1. The van der Waals surface area contributed by atoms with E-state index >= 15 is 0 Å². The van der Waals surface area contributed by atoms with Gasteiger partial charge in [0.25, 0.3) is 11.6 Å². The van der Waals surface area contributed by atoms with Crippen LogP contribution in [0.3, 0.4) is 0 Å². The van der Waals surface area contributed by atoms with E-state index in [1.54, 1.807) is 42.5 Å². The average Bonchev–Trinajstić information content (AvgIpc) is 3.40. The lowest BCUT2D eigenvalue weighted by Gasteiger charge is -2.12. The fourth-order valence-electron chi connectivity index (χ4n) is 2.87. The Kier molecular flexibility index (Phi) is 6.13.